The summed E-state index contributed by atoms with van der Waals surface area (Å²) in [7, 11) is 0. The highest BCUT2D eigenvalue weighted by molar-refractivity contribution is 7.99. The summed E-state index contributed by atoms with van der Waals surface area (Å²) < 4.78 is 5.68. The molecule has 0 fully saturated rings. The number of thioether (sulfide) groups is 1. The lowest BCUT2D eigenvalue weighted by atomic mass is 10.0. The van der Waals surface area contributed by atoms with Crippen LogP contribution in [0.25, 0.3) is 0 Å². The Morgan fingerprint density at radius 2 is 1.74 bits per heavy atom. The molecule has 4 heteroatoms. The fourth-order valence-electron chi connectivity index (χ4n) is 2.91. The smallest absolute Gasteiger partial charge is 0.253 e. The van der Waals surface area contributed by atoms with Crippen molar-refractivity contribution in [2.24, 2.45) is 0 Å². The lowest BCUT2D eigenvalue weighted by Gasteiger charge is -2.27. The largest absolute Gasteiger partial charge is 0.466 e. The van der Waals surface area contributed by atoms with E-state index >= 15 is 0 Å². The third-order valence-electron chi connectivity index (χ3n) is 4.01. The van der Waals surface area contributed by atoms with Crippen molar-refractivity contribution in [3.05, 3.63) is 95.4 Å². The van der Waals surface area contributed by atoms with E-state index in [4.69, 9.17) is 4.42 Å². The SMILES string of the molecule is O=C1N[C@@](SCc2ccccc2)(c2ccco2)c2ccccc21. The third kappa shape index (κ3) is 2.35. The maximum atomic E-state index is 12.4. The third-order valence-corrected chi connectivity index (χ3v) is 5.44. The second kappa shape index (κ2) is 5.63. The van der Waals surface area contributed by atoms with Gasteiger partial charge in [-0.1, -0.05) is 48.5 Å². The second-order valence-electron chi connectivity index (χ2n) is 5.43. The number of rotatable bonds is 4. The van der Waals surface area contributed by atoms with Gasteiger partial charge in [0, 0.05) is 16.9 Å². The second-order valence-corrected chi connectivity index (χ2v) is 6.62. The van der Waals surface area contributed by atoms with Crippen LogP contribution < -0.4 is 5.32 Å². The van der Waals surface area contributed by atoms with Crippen molar-refractivity contribution >= 4 is 17.7 Å². The van der Waals surface area contributed by atoms with Gasteiger partial charge in [-0.3, -0.25) is 4.79 Å². The van der Waals surface area contributed by atoms with Crippen LogP contribution in [0, 0.1) is 0 Å². The van der Waals surface area contributed by atoms with Crippen LogP contribution in [0.2, 0.25) is 0 Å². The summed E-state index contributed by atoms with van der Waals surface area (Å²) in [4.78, 5) is 11.7. The standard InChI is InChI=1S/C19H15NO2S/c21-18-15-9-4-5-10-16(15)19(20-18,17-11-6-12-22-17)23-13-14-7-2-1-3-8-14/h1-12H,13H2,(H,20,21)/t19-/m0/s1. The van der Waals surface area contributed by atoms with Crippen LogP contribution in [0.15, 0.2) is 77.4 Å². The molecule has 1 aliphatic rings. The highest BCUT2D eigenvalue weighted by Gasteiger charge is 2.46. The van der Waals surface area contributed by atoms with E-state index in [1.165, 1.54) is 5.56 Å². The molecule has 0 bridgehead atoms. The number of hydrogen-bond donors (Lipinski definition) is 1. The van der Waals surface area contributed by atoms with E-state index in [1.54, 1.807) is 18.0 Å². The van der Waals surface area contributed by atoms with Gasteiger partial charge >= 0.3 is 0 Å². The molecule has 0 spiro atoms. The molecule has 3 nitrogen and oxygen atoms in total. The van der Waals surface area contributed by atoms with E-state index in [0.29, 0.717) is 5.56 Å². The lowest BCUT2D eigenvalue weighted by Crippen LogP contribution is -2.37. The number of carbonyl (C=O) groups excluding carboxylic acids is 1. The molecule has 4 rings (SSSR count). The fourth-order valence-corrected chi connectivity index (χ4v) is 4.24. The molecule has 3 aromatic rings. The number of nitrogens with one attached hydrogen (secondary N) is 1. The van der Waals surface area contributed by atoms with Crippen molar-refractivity contribution in [2.45, 2.75) is 10.6 Å². The molecule has 2 heterocycles. The Morgan fingerprint density at radius 3 is 2.52 bits per heavy atom. The molecule has 114 valence electrons. The minimum Gasteiger partial charge on any atom is -0.466 e. The van der Waals surface area contributed by atoms with Crippen LogP contribution in [0.1, 0.15) is 27.2 Å². The molecule has 23 heavy (non-hydrogen) atoms. The van der Waals surface area contributed by atoms with Crippen molar-refractivity contribution in [1.29, 1.82) is 0 Å². The van der Waals surface area contributed by atoms with Gasteiger partial charge in [-0.15, -0.1) is 11.8 Å². The predicted molar refractivity (Wildman–Crippen MR) is 91.1 cm³/mol. The van der Waals surface area contributed by atoms with Crippen molar-refractivity contribution in [3.63, 3.8) is 0 Å². The molecule has 1 aliphatic heterocycles. The zero-order valence-electron chi connectivity index (χ0n) is 12.4. The zero-order chi connectivity index (χ0) is 15.7. The molecule has 0 saturated carbocycles. The van der Waals surface area contributed by atoms with Crippen LogP contribution in [0.4, 0.5) is 0 Å². The summed E-state index contributed by atoms with van der Waals surface area (Å²) in [6, 6.07) is 21.7. The first-order valence-corrected chi connectivity index (χ1v) is 8.42. The Kier molecular flexibility index (Phi) is 3.46. The Balaban J connectivity index is 1.77. The van der Waals surface area contributed by atoms with Gasteiger partial charge in [0.15, 0.2) is 4.87 Å². The molecule has 0 unspecified atom stereocenters. The summed E-state index contributed by atoms with van der Waals surface area (Å²) in [6.07, 6.45) is 1.65. The molecular weight excluding hydrogens is 306 g/mol. The Labute approximate surface area is 138 Å². The number of amides is 1. The lowest BCUT2D eigenvalue weighted by molar-refractivity contribution is 0.0953. The van der Waals surface area contributed by atoms with Gasteiger partial charge in [-0.05, 0) is 23.8 Å². The van der Waals surface area contributed by atoms with Gasteiger partial charge in [0.2, 0.25) is 0 Å². The van der Waals surface area contributed by atoms with E-state index in [0.717, 1.165) is 17.1 Å². The molecule has 0 radical (unpaired) electrons. The fraction of sp³-hybridized carbons (Fsp3) is 0.105. The zero-order valence-corrected chi connectivity index (χ0v) is 13.2. The minimum absolute atomic E-state index is 0.0578. The molecule has 2 aromatic carbocycles. The van der Waals surface area contributed by atoms with E-state index in [2.05, 4.69) is 17.4 Å². The number of benzene rings is 2. The van der Waals surface area contributed by atoms with Gasteiger partial charge in [0.25, 0.3) is 5.91 Å². The molecular formula is C19H15NO2S. The molecule has 0 aliphatic carbocycles. The highest BCUT2D eigenvalue weighted by Crippen LogP contribution is 2.47. The number of furan rings is 1. The molecule has 1 amide bonds. The van der Waals surface area contributed by atoms with Crippen molar-refractivity contribution in [3.8, 4) is 0 Å². The normalized spacial score (nSPS) is 19.4. The summed E-state index contributed by atoms with van der Waals surface area (Å²) in [5.41, 5.74) is 2.88. The van der Waals surface area contributed by atoms with E-state index < -0.39 is 4.87 Å². The van der Waals surface area contributed by atoms with Crippen LogP contribution >= 0.6 is 11.8 Å². The molecule has 1 aromatic heterocycles. The van der Waals surface area contributed by atoms with Crippen molar-refractivity contribution < 1.29 is 9.21 Å². The first kappa shape index (κ1) is 14.2. The number of hydrogen-bond acceptors (Lipinski definition) is 3. The Morgan fingerprint density at radius 1 is 0.957 bits per heavy atom. The average Bonchev–Trinajstić information content (AvgIpc) is 3.22. The summed E-state index contributed by atoms with van der Waals surface area (Å²) in [6.45, 7) is 0. The predicted octanol–water partition coefficient (Wildman–Crippen LogP) is 4.16. The van der Waals surface area contributed by atoms with E-state index in [-0.39, 0.29) is 5.91 Å². The van der Waals surface area contributed by atoms with Gasteiger partial charge in [0.05, 0.1) is 6.26 Å². The van der Waals surface area contributed by atoms with Crippen LogP contribution in [-0.2, 0) is 10.6 Å². The first-order chi connectivity index (χ1) is 11.3. The van der Waals surface area contributed by atoms with Crippen molar-refractivity contribution in [1.82, 2.24) is 5.32 Å². The van der Waals surface area contributed by atoms with Crippen LogP contribution in [-0.4, -0.2) is 5.91 Å². The number of carbonyl (C=O) groups is 1. The first-order valence-electron chi connectivity index (χ1n) is 7.43. The number of fused-ring (bicyclic) bond motifs is 1. The van der Waals surface area contributed by atoms with Crippen LogP contribution in [0.5, 0.6) is 0 Å². The van der Waals surface area contributed by atoms with Gasteiger partial charge < -0.3 is 9.73 Å². The van der Waals surface area contributed by atoms with E-state index in [1.807, 2.05) is 54.6 Å². The molecule has 1 atom stereocenters. The van der Waals surface area contributed by atoms with Crippen molar-refractivity contribution in [2.75, 3.05) is 0 Å². The summed E-state index contributed by atoms with van der Waals surface area (Å²) >= 11 is 1.66. The summed E-state index contributed by atoms with van der Waals surface area (Å²) in [5.74, 6) is 1.46. The monoisotopic (exact) mass is 321 g/mol. The highest BCUT2D eigenvalue weighted by atomic mass is 32.2. The Bertz CT molecular complexity index is 830. The quantitative estimate of drug-likeness (QED) is 0.784. The minimum atomic E-state index is -0.674. The van der Waals surface area contributed by atoms with Crippen LogP contribution in [0.3, 0.4) is 0 Å². The van der Waals surface area contributed by atoms with Gasteiger partial charge in [0.1, 0.15) is 5.76 Å². The Hall–Kier alpha value is -2.46. The maximum absolute atomic E-state index is 12.4. The van der Waals surface area contributed by atoms with E-state index in [9.17, 15) is 4.79 Å². The summed E-state index contributed by atoms with van der Waals surface area (Å²) in [5, 5.41) is 3.14. The molecule has 1 N–H and O–H groups in total. The van der Waals surface area contributed by atoms with Gasteiger partial charge in [-0.25, -0.2) is 0 Å². The average molecular weight is 321 g/mol. The molecule has 0 saturated heterocycles. The topological polar surface area (TPSA) is 42.2 Å². The van der Waals surface area contributed by atoms with Gasteiger partial charge in [-0.2, -0.15) is 0 Å². The maximum Gasteiger partial charge on any atom is 0.253 e.